The highest BCUT2D eigenvalue weighted by molar-refractivity contribution is 6.05. The maximum atomic E-state index is 13.4. The van der Waals surface area contributed by atoms with Crippen LogP contribution in [0, 0.1) is 13.8 Å². The number of aryl methyl sites for hydroxylation is 2. The second kappa shape index (κ2) is 15.2. The number of rotatable bonds is 3. The quantitative estimate of drug-likeness (QED) is 0.132. The van der Waals surface area contributed by atoms with Crippen molar-refractivity contribution < 1.29 is 4.79 Å². The number of pyridine rings is 6. The van der Waals surface area contributed by atoms with Crippen molar-refractivity contribution >= 4 is 62.5 Å². The van der Waals surface area contributed by atoms with E-state index in [1.54, 1.807) is 42.0 Å². The molecule has 300 valence electrons. The van der Waals surface area contributed by atoms with Crippen LogP contribution in [0.5, 0.6) is 0 Å². The topological polar surface area (TPSA) is 212 Å². The van der Waals surface area contributed by atoms with Crippen molar-refractivity contribution in [2.75, 3.05) is 57.2 Å². The van der Waals surface area contributed by atoms with E-state index in [-0.39, 0.29) is 12.1 Å². The Morgan fingerprint density at radius 1 is 0.717 bits per heavy atom. The van der Waals surface area contributed by atoms with Crippen LogP contribution in [0.2, 0.25) is 0 Å². The zero-order valence-corrected chi connectivity index (χ0v) is 33.0. The van der Waals surface area contributed by atoms with Gasteiger partial charge in [0.15, 0.2) is 11.6 Å². The summed E-state index contributed by atoms with van der Waals surface area (Å²) in [6, 6.07) is 20.4. The fourth-order valence-electron chi connectivity index (χ4n) is 8.25. The molecule has 2 fully saturated rings. The fourth-order valence-corrected chi connectivity index (χ4v) is 8.25. The van der Waals surface area contributed by atoms with Crippen molar-refractivity contribution in [1.82, 2.24) is 50.3 Å². The van der Waals surface area contributed by atoms with Gasteiger partial charge >= 0.3 is 6.03 Å². The SMILES string of the molecule is Cc1cc(-c2ccc3c(n2)N(C(=O)Nc2cc4cn[nH]c4cn2)[C@H]2CCN3C2)ccn1.Cc1cc(-c2ccc3c(n2)N[C@H]2CCN3C2)ccn1.Nc1cc2cn[nH]c2cn1. The number of hydrogen-bond donors (Lipinski definition) is 5. The van der Waals surface area contributed by atoms with Gasteiger partial charge in [0, 0.05) is 77.9 Å². The maximum absolute atomic E-state index is 13.4. The highest BCUT2D eigenvalue weighted by atomic mass is 16.2. The van der Waals surface area contributed by atoms with Crippen LogP contribution in [-0.4, -0.2) is 94.6 Å². The number of urea groups is 1. The lowest BCUT2D eigenvalue weighted by Gasteiger charge is -2.35. The molecule has 12 rings (SSSR count). The predicted molar refractivity (Wildman–Crippen MR) is 233 cm³/mol. The summed E-state index contributed by atoms with van der Waals surface area (Å²) in [6.45, 7) is 7.94. The standard InChI is InChI=1S/C22H20N8O.C15H16N4.C6H6N4/c1-13-8-14(4-6-23-13)17-2-3-19-21(26-17)30(16-5-7-29(19)12-16)22(31)27-20-9-15-10-25-28-18(15)11-24-20;1-10-8-11(4-6-16-10)13-2-3-14-15(18-13)17-12-5-7-19(14)9-12;7-6-1-4-2-9-10-5(4)3-8-6/h2-4,6,8-11,16H,5,7,12H2,1H3,(H,25,28)(H,24,27,31);2-4,6,8,12H,5,7,9H2,1H3,(H,17,18);1-3H,(H2,7,8)(H,9,10)/t16-;12-;/m00./s1. The number of hydrogen-bond acceptors (Lipinski definition) is 13. The van der Waals surface area contributed by atoms with E-state index in [0.717, 1.165) is 99.8 Å². The van der Waals surface area contributed by atoms with E-state index >= 15 is 0 Å². The van der Waals surface area contributed by atoms with Crippen LogP contribution < -0.4 is 31.1 Å². The van der Waals surface area contributed by atoms with Crippen molar-refractivity contribution in [2.45, 2.75) is 38.8 Å². The minimum Gasteiger partial charge on any atom is -0.384 e. The van der Waals surface area contributed by atoms with Crippen molar-refractivity contribution in [2.24, 2.45) is 0 Å². The lowest BCUT2D eigenvalue weighted by molar-refractivity contribution is 0.254. The molecular weight excluding hydrogens is 757 g/mol. The molecule has 4 bridgehead atoms. The zero-order valence-electron chi connectivity index (χ0n) is 33.0. The van der Waals surface area contributed by atoms with E-state index in [2.05, 4.69) is 85.0 Å². The molecule has 60 heavy (non-hydrogen) atoms. The Balaban J connectivity index is 0.000000125. The van der Waals surface area contributed by atoms with Crippen molar-refractivity contribution in [3.63, 3.8) is 0 Å². The minimum absolute atomic E-state index is 0.0760. The summed E-state index contributed by atoms with van der Waals surface area (Å²) in [4.78, 5) is 46.3. The molecule has 17 heteroatoms. The second-order valence-electron chi connectivity index (χ2n) is 15.3. The second-order valence-corrected chi connectivity index (χ2v) is 15.3. The molecule has 2 amide bonds. The lowest BCUT2D eigenvalue weighted by Crippen LogP contribution is -2.48. The number of nitrogens with zero attached hydrogens (tertiary/aromatic N) is 11. The summed E-state index contributed by atoms with van der Waals surface area (Å²) in [5.41, 5.74) is 15.3. The number of nitrogen functional groups attached to an aromatic ring is 1. The Bertz CT molecular complexity index is 2870. The monoisotopic (exact) mass is 798 g/mol. The Morgan fingerprint density at radius 2 is 1.37 bits per heavy atom. The number of carbonyl (C=O) groups excluding carboxylic acids is 1. The Hall–Kier alpha value is -7.69. The first-order valence-electron chi connectivity index (χ1n) is 19.9. The number of anilines is 6. The van der Waals surface area contributed by atoms with Crippen LogP contribution in [0.15, 0.2) is 97.8 Å². The molecule has 0 saturated carbocycles. The molecule has 2 atom stereocenters. The Labute approximate surface area is 344 Å². The van der Waals surface area contributed by atoms with Crippen molar-refractivity contribution in [3.8, 4) is 22.5 Å². The smallest absolute Gasteiger partial charge is 0.329 e. The van der Waals surface area contributed by atoms with E-state index in [1.165, 1.54) is 12.1 Å². The van der Waals surface area contributed by atoms with Crippen molar-refractivity contribution in [1.29, 1.82) is 0 Å². The third kappa shape index (κ3) is 7.20. The molecule has 4 aliphatic heterocycles. The zero-order chi connectivity index (χ0) is 40.7. The fraction of sp³-hybridized carbons (Fsp3) is 0.233. The Kier molecular flexibility index (Phi) is 9.31. The summed E-state index contributed by atoms with van der Waals surface area (Å²) in [6.07, 6.45) is 12.5. The highest BCUT2D eigenvalue weighted by Gasteiger charge is 2.40. The van der Waals surface area contributed by atoms with E-state index in [1.807, 2.05) is 50.4 Å². The number of aromatic amines is 2. The van der Waals surface area contributed by atoms with Gasteiger partial charge in [-0.3, -0.25) is 30.4 Å². The summed E-state index contributed by atoms with van der Waals surface area (Å²) in [7, 11) is 0. The van der Waals surface area contributed by atoms with Gasteiger partial charge < -0.3 is 20.9 Å². The molecule has 12 heterocycles. The summed E-state index contributed by atoms with van der Waals surface area (Å²) in [5.74, 6) is 2.72. The van der Waals surface area contributed by atoms with E-state index in [4.69, 9.17) is 15.7 Å². The average Bonchev–Trinajstić information content (AvgIpc) is 4.09. The number of fused-ring (bicyclic) bond motifs is 10. The third-order valence-corrected chi connectivity index (χ3v) is 11.2. The summed E-state index contributed by atoms with van der Waals surface area (Å²) in [5, 5.41) is 21.9. The van der Waals surface area contributed by atoms with Crippen LogP contribution in [0.3, 0.4) is 0 Å². The van der Waals surface area contributed by atoms with E-state index < -0.39 is 0 Å². The van der Waals surface area contributed by atoms with Crippen LogP contribution >= 0.6 is 0 Å². The number of aromatic nitrogens is 10. The minimum atomic E-state index is -0.223. The Morgan fingerprint density at radius 3 is 2.10 bits per heavy atom. The normalized spacial score (nSPS) is 16.9. The lowest BCUT2D eigenvalue weighted by atomic mass is 10.1. The molecule has 17 nitrogen and oxygen atoms in total. The molecule has 0 aromatic carbocycles. The molecule has 0 radical (unpaired) electrons. The molecule has 8 aromatic heterocycles. The number of amides is 2. The summed E-state index contributed by atoms with van der Waals surface area (Å²) >= 11 is 0. The van der Waals surface area contributed by atoms with Gasteiger partial charge in [0.25, 0.3) is 0 Å². The molecule has 4 aliphatic rings. The van der Waals surface area contributed by atoms with Gasteiger partial charge in [-0.15, -0.1) is 0 Å². The molecule has 0 aliphatic carbocycles. The van der Waals surface area contributed by atoms with E-state index in [9.17, 15) is 4.79 Å². The van der Waals surface area contributed by atoms with Gasteiger partial charge in [0.2, 0.25) is 0 Å². The highest BCUT2D eigenvalue weighted by Crippen LogP contribution is 2.41. The molecule has 8 aromatic rings. The van der Waals surface area contributed by atoms with Crippen molar-refractivity contribution in [3.05, 3.63) is 109 Å². The van der Waals surface area contributed by atoms with Crippen LogP contribution in [0.1, 0.15) is 24.2 Å². The predicted octanol–water partition coefficient (Wildman–Crippen LogP) is 6.35. The first-order chi connectivity index (χ1) is 29.3. The molecule has 0 unspecified atom stereocenters. The van der Waals surface area contributed by atoms with Gasteiger partial charge in [0.1, 0.15) is 11.6 Å². The molecule has 2 saturated heterocycles. The number of H-pyrrole nitrogens is 2. The van der Waals surface area contributed by atoms with Gasteiger partial charge in [-0.2, -0.15) is 10.2 Å². The number of nitrogens with one attached hydrogen (secondary N) is 4. The van der Waals surface area contributed by atoms with Gasteiger partial charge in [-0.1, -0.05) is 0 Å². The third-order valence-electron chi connectivity index (χ3n) is 11.2. The molecule has 6 N–H and O–H groups in total. The number of carbonyl (C=O) groups is 1. The average molecular weight is 799 g/mol. The van der Waals surface area contributed by atoms with Crippen LogP contribution in [0.4, 0.5) is 39.4 Å². The molecular formula is C43H42N16O. The van der Waals surface area contributed by atoms with Gasteiger partial charge in [0.05, 0.1) is 64.6 Å². The number of nitrogens with two attached hydrogens (primary N) is 1. The van der Waals surface area contributed by atoms with Gasteiger partial charge in [-0.25, -0.2) is 24.7 Å². The maximum Gasteiger partial charge on any atom is 0.329 e. The molecule has 0 spiro atoms. The first-order valence-corrected chi connectivity index (χ1v) is 19.9. The van der Waals surface area contributed by atoms with Crippen LogP contribution in [0.25, 0.3) is 44.3 Å². The van der Waals surface area contributed by atoms with Crippen LogP contribution in [-0.2, 0) is 0 Å². The van der Waals surface area contributed by atoms with E-state index in [0.29, 0.717) is 23.5 Å². The summed E-state index contributed by atoms with van der Waals surface area (Å²) < 4.78 is 0. The van der Waals surface area contributed by atoms with Gasteiger partial charge in [-0.05, 0) is 87.4 Å². The first kappa shape index (κ1) is 36.6. The largest absolute Gasteiger partial charge is 0.384 e.